The van der Waals surface area contributed by atoms with Gasteiger partial charge in [0, 0.05) is 42.2 Å². The van der Waals surface area contributed by atoms with Gasteiger partial charge in [-0.15, -0.1) is 11.3 Å². The van der Waals surface area contributed by atoms with Gasteiger partial charge >= 0.3 is 0 Å². The predicted octanol–water partition coefficient (Wildman–Crippen LogP) is 2.96. The monoisotopic (exact) mass is 403 g/mol. The number of nitriles is 1. The van der Waals surface area contributed by atoms with E-state index >= 15 is 0 Å². The number of benzene rings is 1. The number of hydrogen-bond donors (Lipinski definition) is 0. The Kier molecular flexibility index (Phi) is 4.46. The fourth-order valence-corrected chi connectivity index (χ4v) is 5.05. The molecule has 146 valence electrons. The summed E-state index contributed by atoms with van der Waals surface area (Å²) in [7, 11) is 2.08. The van der Waals surface area contributed by atoms with E-state index < -0.39 is 0 Å². The number of carbonyl (C=O) groups is 1. The van der Waals surface area contributed by atoms with Crippen LogP contribution in [0.3, 0.4) is 0 Å². The smallest absolute Gasteiger partial charge is 0.274 e. The van der Waals surface area contributed by atoms with Gasteiger partial charge in [0.2, 0.25) is 0 Å². The molecule has 2 aromatic heterocycles. The molecular formula is C22H21N5OS. The first-order valence-corrected chi connectivity index (χ1v) is 10.7. The number of likely N-dealkylation sites (N-methyl/N-ethyl adjacent to an activating group) is 1. The number of piperazine rings is 1. The number of aromatic nitrogens is 2. The van der Waals surface area contributed by atoms with E-state index in [2.05, 4.69) is 29.5 Å². The van der Waals surface area contributed by atoms with Crippen molar-refractivity contribution >= 4 is 17.2 Å². The highest BCUT2D eigenvalue weighted by Crippen LogP contribution is 2.39. The third-order valence-electron chi connectivity index (χ3n) is 5.80. The van der Waals surface area contributed by atoms with Gasteiger partial charge in [0.25, 0.3) is 5.91 Å². The Bertz CT molecular complexity index is 1130. The van der Waals surface area contributed by atoms with E-state index in [1.807, 2.05) is 27.8 Å². The summed E-state index contributed by atoms with van der Waals surface area (Å²) in [5, 5.41) is 16.2. The van der Waals surface area contributed by atoms with Crippen molar-refractivity contribution in [3.8, 4) is 23.0 Å². The molecule has 0 spiro atoms. The molecule has 1 fully saturated rings. The molecule has 29 heavy (non-hydrogen) atoms. The number of fused-ring (bicyclic) bond motifs is 3. The van der Waals surface area contributed by atoms with Crippen LogP contribution < -0.4 is 0 Å². The molecule has 0 atom stereocenters. The predicted molar refractivity (Wildman–Crippen MR) is 112 cm³/mol. The molecule has 1 amide bonds. The van der Waals surface area contributed by atoms with Gasteiger partial charge in [-0.1, -0.05) is 6.07 Å². The second kappa shape index (κ2) is 7.14. The molecule has 1 aliphatic heterocycles. The Morgan fingerprint density at radius 2 is 2.00 bits per heavy atom. The van der Waals surface area contributed by atoms with E-state index in [4.69, 9.17) is 5.10 Å². The number of carbonyl (C=O) groups excluding carboxylic acids is 1. The molecule has 5 rings (SSSR count). The SMILES string of the molecule is CN1CCN(C(=O)c2nn(-c3cccc(C#N)c3)c3c2CCc2sccc2-3)CC1. The molecule has 0 N–H and O–H groups in total. The van der Waals surface area contributed by atoms with Gasteiger partial charge in [0.05, 0.1) is 23.0 Å². The van der Waals surface area contributed by atoms with Gasteiger partial charge in [-0.25, -0.2) is 4.68 Å². The van der Waals surface area contributed by atoms with Crippen LogP contribution in [0.25, 0.3) is 16.9 Å². The average Bonchev–Trinajstić information content (AvgIpc) is 3.38. The van der Waals surface area contributed by atoms with Crippen molar-refractivity contribution in [2.24, 2.45) is 0 Å². The van der Waals surface area contributed by atoms with Gasteiger partial charge in [0.1, 0.15) is 0 Å². The number of nitrogens with zero attached hydrogens (tertiary/aromatic N) is 5. The maximum atomic E-state index is 13.4. The van der Waals surface area contributed by atoms with Crippen LogP contribution in [-0.2, 0) is 12.8 Å². The molecule has 3 aromatic rings. The van der Waals surface area contributed by atoms with Gasteiger partial charge in [-0.2, -0.15) is 10.4 Å². The number of aryl methyl sites for hydroxylation is 1. The first-order chi connectivity index (χ1) is 14.2. The Morgan fingerprint density at radius 3 is 2.79 bits per heavy atom. The summed E-state index contributed by atoms with van der Waals surface area (Å²) < 4.78 is 1.87. The van der Waals surface area contributed by atoms with Crippen LogP contribution in [0.5, 0.6) is 0 Å². The highest BCUT2D eigenvalue weighted by Gasteiger charge is 2.32. The third kappa shape index (κ3) is 3.05. The Morgan fingerprint density at radius 1 is 1.17 bits per heavy atom. The number of thiophene rings is 1. The maximum absolute atomic E-state index is 13.4. The molecule has 6 nitrogen and oxygen atoms in total. The van der Waals surface area contributed by atoms with E-state index in [1.54, 1.807) is 17.4 Å². The Balaban J connectivity index is 1.64. The molecule has 1 aliphatic carbocycles. The molecule has 0 radical (unpaired) electrons. The normalized spacial score (nSPS) is 16.2. The minimum Gasteiger partial charge on any atom is -0.335 e. The topological polar surface area (TPSA) is 65.2 Å². The van der Waals surface area contributed by atoms with E-state index in [9.17, 15) is 10.1 Å². The zero-order valence-electron chi connectivity index (χ0n) is 16.3. The van der Waals surface area contributed by atoms with Crippen molar-refractivity contribution in [1.29, 1.82) is 5.26 Å². The summed E-state index contributed by atoms with van der Waals surface area (Å²) in [6, 6.07) is 11.7. The van der Waals surface area contributed by atoms with Crippen LogP contribution in [-0.4, -0.2) is 58.7 Å². The molecule has 7 heteroatoms. The summed E-state index contributed by atoms with van der Waals surface area (Å²) in [6.07, 6.45) is 1.75. The second-order valence-corrected chi connectivity index (χ2v) is 8.60. The van der Waals surface area contributed by atoms with Gasteiger partial charge in [-0.05, 0) is 49.5 Å². The first kappa shape index (κ1) is 18.1. The first-order valence-electron chi connectivity index (χ1n) is 9.82. The van der Waals surface area contributed by atoms with Crippen molar-refractivity contribution in [2.45, 2.75) is 12.8 Å². The molecule has 3 heterocycles. The largest absolute Gasteiger partial charge is 0.335 e. The Hall–Kier alpha value is -2.95. The summed E-state index contributed by atoms with van der Waals surface area (Å²) >= 11 is 1.75. The zero-order valence-corrected chi connectivity index (χ0v) is 17.1. The maximum Gasteiger partial charge on any atom is 0.274 e. The van der Waals surface area contributed by atoms with E-state index in [0.29, 0.717) is 11.3 Å². The number of rotatable bonds is 2. The molecule has 0 saturated carbocycles. The van der Waals surface area contributed by atoms with Crippen molar-refractivity contribution < 1.29 is 4.79 Å². The van der Waals surface area contributed by atoms with Crippen LogP contribution in [0.15, 0.2) is 35.7 Å². The molecular weight excluding hydrogens is 382 g/mol. The Labute approximate surface area is 173 Å². The summed E-state index contributed by atoms with van der Waals surface area (Å²) in [6.45, 7) is 3.22. The molecule has 1 aromatic carbocycles. The van der Waals surface area contributed by atoms with Crippen LogP contribution in [0.1, 0.15) is 26.5 Å². The second-order valence-electron chi connectivity index (χ2n) is 7.60. The fourth-order valence-electron chi connectivity index (χ4n) is 4.17. The lowest BCUT2D eigenvalue weighted by Gasteiger charge is -2.32. The van der Waals surface area contributed by atoms with Crippen molar-refractivity contribution in [2.75, 3.05) is 33.2 Å². The molecule has 2 aliphatic rings. The number of amides is 1. The summed E-state index contributed by atoms with van der Waals surface area (Å²) in [5.74, 6) is 0.0169. The minimum absolute atomic E-state index is 0.0169. The lowest BCUT2D eigenvalue weighted by atomic mass is 9.94. The summed E-state index contributed by atoms with van der Waals surface area (Å²) in [4.78, 5) is 18.9. The molecule has 1 saturated heterocycles. The van der Waals surface area contributed by atoms with Crippen molar-refractivity contribution in [1.82, 2.24) is 19.6 Å². The zero-order chi connectivity index (χ0) is 20.0. The fraction of sp³-hybridized carbons (Fsp3) is 0.318. The lowest BCUT2D eigenvalue weighted by Crippen LogP contribution is -2.47. The van der Waals surface area contributed by atoms with E-state index in [1.165, 1.54) is 4.88 Å². The highest BCUT2D eigenvalue weighted by atomic mass is 32.1. The van der Waals surface area contributed by atoms with Crippen molar-refractivity contribution in [3.05, 3.63) is 57.4 Å². The van der Waals surface area contributed by atoms with Crippen LogP contribution >= 0.6 is 11.3 Å². The standard InChI is InChI=1S/C22H21N5OS/c1-25-8-10-26(11-9-25)22(28)20-18-5-6-19-17(7-12-29-19)21(18)27(24-20)16-4-2-3-15(13-16)14-23/h2-4,7,12-13H,5-6,8-11H2,1H3. The molecule has 0 bridgehead atoms. The van der Waals surface area contributed by atoms with E-state index in [-0.39, 0.29) is 5.91 Å². The average molecular weight is 404 g/mol. The highest BCUT2D eigenvalue weighted by molar-refractivity contribution is 7.10. The summed E-state index contributed by atoms with van der Waals surface area (Å²) in [5.41, 5.74) is 5.14. The number of hydrogen-bond acceptors (Lipinski definition) is 5. The van der Waals surface area contributed by atoms with E-state index in [0.717, 1.165) is 61.5 Å². The van der Waals surface area contributed by atoms with Crippen LogP contribution in [0, 0.1) is 11.3 Å². The lowest BCUT2D eigenvalue weighted by molar-refractivity contribution is 0.0656. The molecule has 0 unspecified atom stereocenters. The van der Waals surface area contributed by atoms with Crippen LogP contribution in [0.2, 0.25) is 0 Å². The van der Waals surface area contributed by atoms with Gasteiger partial charge in [0.15, 0.2) is 5.69 Å². The van der Waals surface area contributed by atoms with Crippen LogP contribution in [0.4, 0.5) is 0 Å². The minimum atomic E-state index is 0.0169. The third-order valence-corrected chi connectivity index (χ3v) is 6.78. The van der Waals surface area contributed by atoms with Gasteiger partial charge < -0.3 is 9.80 Å². The quantitative estimate of drug-likeness (QED) is 0.660. The van der Waals surface area contributed by atoms with Crippen molar-refractivity contribution in [3.63, 3.8) is 0 Å². The van der Waals surface area contributed by atoms with Gasteiger partial charge in [-0.3, -0.25) is 4.79 Å².